The molecule has 122 valence electrons. The predicted molar refractivity (Wildman–Crippen MR) is 98.9 cm³/mol. The van der Waals surface area contributed by atoms with E-state index < -0.39 is 4.92 Å². The van der Waals surface area contributed by atoms with Crippen LogP contribution in [0.2, 0.25) is 0 Å². The van der Waals surface area contributed by atoms with Gasteiger partial charge < -0.3 is 0 Å². The smallest absolute Gasteiger partial charge is 0.258 e. The van der Waals surface area contributed by atoms with Crippen molar-refractivity contribution in [2.24, 2.45) is 0 Å². The van der Waals surface area contributed by atoms with E-state index in [0.717, 1.165) is 21.7 Å². The number of aryl methyl sites for hydroxylation is 1. The van der Waals surface area contributed by atoms with Crippen molar-refractivity contribution < 1.29 is 4.92 Å². The summed E-state index contributed by atoms with van der Waals surface area (Å²) in [6.45, 7) is 1.98. The Balaban J connectivity index is 1.96. The Bertz CT molecular complexity index is 984. The molecule has 0 fully saturated rings. The fourth-order valence-electron chi connectivity index (χ4n) is 2.38. The number of allylic oxidation sites excluding steroid dienone is 1. The molecule has 1 aromatic heterocycles. The Morgan fingerprint density at radius 2 is 1.88 bits per heavy atom. The van der Waals surface area contributed by atoms with Crippen molar-refractivity contribution in [2.45, 2.75) is 6.92 Å². The summed E-state index contributed by atoms with van der Waals surface area (Å²) in [7, 11) is 0. The van der Waals surface area contributed by atoms with Gasteiger partial charge in [-0.05, 0) is 30.7 Å². The van der Waals surface area contributed by atoms with Gasteiger partial charge in [-0.15, -0.1) is 11.3 Å². The van der Waals surface area contributed by atoms with Crippen LogP contribution in [0.3, 0.4) is 0 Å². The summed E-state index contributed by atoms with van der Waals surface area (Å²) in [5.41, 5.74) is 3.05. The summed E-state index contributed by atoms with van der Waals surface area (Å²) in [4.78, 5) is 15.9. The van der Waals surface area contributed by atoms with Crippen molar-refractivity contribution in [1.82, 2.24) is 4.98 Å². The molecule has 0 spiro atoms. The minimum Gasteiger partial charge on any atom is -0.258 e. The number of aromatic nitrogens is 1. The minimum atomic E-state index is -0.449. The number of nitriles is 1. The van der Waals surface area contributed by atoms with E-state index in [0.29, 0.717) is 10.6 Å². The number of rotatable bonds is 4. The first-order chi connectivity index (χ1) is 12.1. The highest BCUT2D eigenvalue weighted by Crippen LogP contribution is 2.31. The molecule has 0 aliphatic heterocycles. The average molecular weight is 347 g/mol. The molecule has 0 N–H and O–H groups in total. The van der Waals surface area contributed by atoms with Crippen molar-refractivity contribution in [3.8, 4) is 17.3 Å². The van der Waals surface area contributed by atoms with Crippen LogP contribution in [0.5, 0.6) is 0 Å². The van der Waals surface area contributed by atoms with Gasteiger partial charge in [-0.3, -0.25) is 10.1 Å². The van der Waals surface area contributed by atoms with Gasteiger partial charge in [0, 0.05) is 22.6 Å². The Hall–Kier alpha value is -3.30. The Morgan fingerprint density at radius 3 is 2.48 bits per heavy atom. The lowest BCUT2D eigenvalue weighted by molar-refractivity contribution is -0.384. The molecule has 5 nitrogen and oxygen atoms in total. The van der Waals surface area contributed by atoms with Crippen LogP contribution in [0.15, 0.2) is 54.6 Å². The molecule has 1 heterocycles. The Labute approximate surface area is 148 Å². The molecule has 3 rings (SSSR count). The molecule has 2 aromatic carbocycles. The van der Waals surface area contributed by atoms with E-state index >= 15 is 0 Å². The molecule has 25 heavy (non-hydrogen) atoms. The lowest BCUT2D eigenvalue weighted by Gasteiger charge is -1.97. The number of nitro benzene ring substituents is 1. The summed E-state index contributed by atoms with van der Waals surface area (Å²) < 4.78 is 0. The molecule has 0 amide bonds. The second-order valence-electron chi connectivity index (χ2n) is 5.31. The molecule has 0 saturated heterocycles. The van der Waals surface area contributed by atoms with Crippen LogP contribution >= 0.6 is 11.3 Å². The molecular formula is C19H13N3O2S. The number of benzene rings is 2. The quantitative estimate of drug-likeness (QED) is 0.374. The number of nitrogens with zero attached hydrogens (tertiary/aromatic N) is 3. The van der Waals surface area contributed by atoms with Crippen LogP contribution < -0.4 is 0 Å². The zero-order valence-corrected chi connectivity index (χ0v) is 14.2. The molecule has 0 aliphatic rings. The number of thiazole rings is 1. The number of non-ortho nitro benzene ring substituents is 1. The second-order valence-corrected chi connectivity index (χ2v) is 6.51. The third-order valence-electron chi connectivity index (χ3n) is 3.61. The maximum absolute atomic E-state index is 10.7. The van der Waals surface area contributed by atoms with E-state index in [-0.39, 0.29) is 5.69 Å². The standard InChI is InChI=1S/C19H13N3O2S/c1-13-18(15-5-3-2-4-6-15)21-19(25-13)16(12-20)11-14-7-9-17(10-8-14)22(23)24/h2-11H,1H3. The van der Waals surface area contributed by atoms with Crippen LogP contribution in [0.25, 0.3) is 22.9 Å². The molecule has 0 unspecified atom stereocenters. The summed E-state index contributed by atoms with van der Waals surface area (Å²) in [6, 6.07) is 18.1. The third kappa shape index (κ3) is 3.62. The first-order valence-electron chi connectivity index (χ1n) is 7.48. The zero-order chi connectivity index (χ0) is 17.8. The van der Waals surface area contributed by atoms with Gasteiger partial charge in [-0.25, -0.2) is 4.98 Å². The molecule has 0 aliphatic carbocycles. The maximum Gasteiger partial charge on any atom is 0.269 e. The molecule has 0 radical (unpaired) electrons. The summed E-state index contributed by atoms with van der Waals surface area (Å²) in [5.74, 6) is 0. The SMILES string of the molecule is Cc1sc(C(C#N)=Cc2ccc([N+](=O)[O-])cc2)nc1-c1ccccc1. The number of hydrogen-bond donors (Lipinski definition) is 0. The molecule has 3 aromatic rings. The van der Waals surface area contributed by atoms with Gasteiger partial charge >= 0.3 is 0 Å². The van der Waals surface area contributed by atoms with E-state index in [1.807, 2.05) is 37.3 Å². The van der Waals surface area contributed by atoms with E-state index in [1.165, 1.54) is 23.5 Å². The van der Waals surface area contributed by atoms with Gasteiger partial charge in [0.25, 0.3) is 5.69 Å². The molecular weight excluding hydrogens is 334 g/mol. The predicted octanol–water partition coefficient (Wildman–Crippen LogP) is 5.09. The van der Waals surface area contributed by atoms with Crippen molar-refractivity contribution in [3.63, 3.8) is 0 Å². The highest BCUT2D eigenvalue weighted by molar-refractivity contribution is 7.13. The lowest BCUT2D eigenvalue weighted by Crippen LogP contribution is -1.87. The fraction of sp³-hybridized carbons (Fsp3) is 0.0526. The lowest BCUT2D eigenvalue weighted by atomic mass is 10.1. The van der Waals surface area contributed by atoms with Gasteiger partial charge in [0.05, 0.1) is 16.2 Å². The van der Waals surface area contributed by atoms with Crippen LogP contribution in [0.1, 0.15) is 15.4 Å². The van der Waals surface area contributed by atoms with Crippen LogP contribution in [0.4, 0.5) is 5.69 Å². The van der Waals surface area contributed by atoms with Gasteiger partial charge in [-0.2, -0.15) is 5.26 Å². The van der Waals surface area contributed by atoms with Crippen molar-refractivity contribution >= 4 is 28.7 Å². The van der Waals surface area contributed by atoms with Gasteiger partial charge in [0.1, 0.15) is 11.1 Å². The number of nitro groups is 1. The molecule has 0 atom stereocenters. The van der Waals surface area contributed by atoms with Gasteiger partial charge in [-0.1, -0.05) is 30.3 Å². The Kier molecular flexibility index (Phi) is 4.68. The maximum atomic E-state index is 10.7. The van der Waals surface area contributed by atoms with Crippen LogP contribution in [0, 0.1) is 28.4 Å². The monoisotopic (exact) mass is 347 g/mol. The molecule has 0 bridgehead atoms. The van der Waals surface area contributed by atoms with Crippen molar-refractivity contribution in [3.05, 3.63) is 80.2 Å². The van der Waals surface area contributed by atoms with E-state index in [4.69, 9.17) is 0 Å². The average Bonchev–Trinajstić information content (AvgIpc) is 3.02. The Morgan fingerprint density at radius 1 is 1.20 bits per heavy atom. The first-order valence-corrected chi connectivity index (χ1v) is 8.29. The largest absolute Gasteiger partial charge is 0.269 e. The summed E-state index contributed by atoms with van der Waals surface area (Å²) in [6.07, 6.45) is 1.69. The van der Waals surface area contributed by atoms with Gasteiger partial charge in [0.15, 0.2) is 0 Å². The van der Waals surface area contributed by atoms with E-state index in [1.54, 1.807) is 18.2 Å². The normalized spacial score (nSPS) is 11.1. The highest BCUT2D eigenvalue weighted by Gasteiger charge is 2.13. The summed E-state index contributed by atoms with van der Waals surface area (Å²) >= 11 is 1.46. The third-order valence-corrected chi connectivity index (χ3v) is 4.61. The zero-order valence-electron chi connectivity index (χ0n) is 13.3. The molecule has 6 heteroatoms. The highest BCUT2D eigenvalue weighted by atomic mass is 32.1. The second kappa shape index (κ2) is 7.07. The first kappa shape index (κ1) is 16.6. The van der Waals surface area contributed by atoms with Crippen molar-refractivity contribution in [1.29, 1.82) is 5.26 Å². The van der Waals surface area contributed by atoms with Crippen molar-refractivity contribution in [2.75, 3.05) is 0 Å². The fourth-order valence-corrected chi connectivity index (χ4v) is 3.28. The number of hydrogen-bond acceptors (Lipinski definition) is 5. The summed E-state index contributed by atoms with van der Waals surface area (Å²) in [5, 5.41) is 20.8. The van der Waals surface area contributed by atoms with Gasteiger partial charge in [0.2, 0.25) is 0 Å². The van der Waals surface area contributed by atoms with Crippen LogP contribution in [-0.4, -0.2) is 9.91 Å². The molecule has 0 saturated carbocycles. The van der Waals surface area contributed by atoms with Crippen LogP contribution in [-0.2, 0) is 0 Å². The minimum absolute atomic E-state index is 0.0205. The topological polar surface area (TPSA) is 79.8 Å². The van der Waals surface area contributed by atoms with E-state index in [9.17, 15) is 15.4 Å². The van der Waals surface area contributed by atoms with E-state index in [2.05, 4.69) is 11.1 Å².